The van der Waals surface area contributed by atoms with Crippen molar-refractivity contribution in [3.8, 4) is 11.5 Å². The second-order valence-corrected chi connectivity index (χ2v) is 11.4. The maximum Gasteiger partial charge on any atom is 0.333 e. The number of carbonyl (C=O) groups is 2. The third-order valence-corrected chi connectivity index (χ3v) is 7.84. The summed E-state index contributed by atoms with van der Waals surface area (Å²) in [5, 5.41) is 0. The number of hydrogen-bond acceptors (Lipinski definition) is 7. The molecular weight excluding hydrogens is 598 g/mol. The van der Waals surface area contributed by atoms with E-state index in [0.29, 0.717) is 45.0 Å². The molecule has 6 nitrogen and oxygen atoms in total. The summed E-state index contributed by atoms with van der Waals surface area (Å²) in [7, 11) is 1.57. The van der Waals surface area contributed by atoms with Gasteiger partial charge >= 0.3 is 5.97 Å². The van der Waals surface area contributed by atoms with Gasteiger partial charge in [-0.3, -0.25) is 9.69 Å². The number of methoxy groups -OCH3 is 1. The SMILES string of the molecule is CCCOC(=O)C(c1ccccc1)N1C(=O)/C(=C/c2cc(Br)c(OCc3ccc(C)cc3)c(OC)c2)SC1=S. The minimum absolute atomic E-state index is 0.263. The maximum atomic E-state index is 13.6. The van der Waals surface area contributed by atoms with Crippen molar-refractivity contribution in [2.45, 2.75) is 32.9 Å². The van der Waals surface area contributed by atoms with Gasteiger partial charge in [0.15, 0.2) is 17.5 Å². The molecular formula is C30H28BrNO5S2. The van der Waals surface area contributed by atoms with Crippen molar-refractivity contribution in [2.75, 3.05) is 13.7 Å². The van der Waals surface area contributed by atoms with Gasteiger partial charge in [-0.1, -0.05) is 91.1 Å². The van der Waals surface area contributed by atoms with E-state index in [-0.39, 0.29) is 16.8 Å². The number of esters is 1. The third kappa shape index (κ3) is 6.90. The average Bonchev–Trinajstić information content (AvgIpc) is 3.20. The molecule has 0 aromatic heterocycles. The quantitative estimate of drug-likeness (QED) is 0.134. The lowest BCUT2D eigenvalue weighted by molar-refractivity contribution is -0.151. The molecule has 1 unspecified atom stereocenters. The fraction of sp³-hybridized carbons (Fsp3) is 0.233. The Hall–Kier alpha value is -3.14. The molecule has 1 fully saturated rings. The summed E-state index contributed by atoms with van der Waals surface area (Å²) in [5.74, 6) is 0.205. The van der Waals surface area contributed by atoms with E-state index in [9.17, 15) is 9.59 Å². The zero-order chi connectivity index (χ0) is 27.9. The zero-order valence-electron chi connectivity index (χ0n) is 21.8. The van der Waals surface area contributed by atoms with Gasteiger partial charge in [0.05, 0.1) is 23.1 Å². The Morgan fingerprint density at radius 1 is 1.13 bits per heavy atom. The molecule has 0 radical (unpaired) electrons. The summed E-state index contributed by atoms with van der Waals surface area (Å²) < 4.78 is 18.1. The van der Waals surface area contributed by atoms with E-state index in [1.165, 1.54) is 10.5 Å². The standard InChI is InChI=1S/C30H28BrNO5S2/c1-4-14-36-29(34)26(22-8-6-5-7-9-22)32-28(33)25(39-30(32)38)17-21-15-23(31)27(24(16-21)35-3)37-18-20-12-10-19(2)11-13-20/h5-13,15-17,26H,4,14,18H2,1-3H3/b25-17-. The van der Waals surface area contributed by atoms with E-state index in [1.807, 2.05) is 62.4 Å². The van der Waals surface area contributed by atoms with E-state index in [2.05, 4.69) is 15.9 Å². The van der Waals surface area contributed by atoms with Gasteiger partial charge in [-0.15, -0.1) is 0 Å². The summed E-state index contributed by atoms with van der Waals surface area (Å²) >= 11 is 10.3. The van der Waals surface area contributed by atoms with E-state index in [0.717, 1.165) is 17.3 Å². The molecule has 39 heavy (non-hydrogen) atoms. The molecule has 1 saturated heterocycles. The van der Waals surface area contributed by atoms with Crippen LogP contribution in [0.2, 0.25) is 0 Å². The number of thiocarbonyl (C=S) groups is 1. The van der Waals surface area contributed by atoms with Crippen LogP contribution in [0.5, 0.6) is 11.5 Å². The van der Waals surface area contributed by atoms with Crippen molar-refractivity contribution in [1.29, 1.82) is 0 Å². The van der Waals surface area contributed by atoms with Gasteiger partial charge in [0.2, 0.25) is 0 Å². The normalized spacial score (nSPS) is 15.0. The van der Waals surface area contributed by atoms with Gasteiger partial charge in [-0.2, -0.15) is 0 Å². The molecule has 1 aliphatic rings. The van der Waals surface area contributed by atoms with Crippen LogP contribution in [0.1, 0.15) is 41.6 Å². The summed E-state index contributed by atoms with van der Waals surface area (Å²) in [6.45, 7) is 4.59. The monoisotopic (exact) mass is 625 g/mol. The minimum Gasteiger partial charge on any atom is -0.493 e. The van der Waals surface area contributed by atoms with Crippen LogP contribution < -0.4 is 9.47 Å². The molecule has 202 valence electrons. The van der Waals surface area contributed by atoms with Crippen LogP contribution in [0.25, 0.3) is 6.08 Å². The number of amides is 1. The van der Waals surface area contributed by atoms with Gasteiger partial charge in [0.1, 0.15) is 10.9 Å². The third-order valence-electron chi connectivity index (χ3n) is 5.92. The number of thioether (sulfide) groups is 1. The zero-order valence-corrected chi connectivity index (χ0v) is 25.0. The number of hydrogen-bond donors (Lipinski definition) is 0. The van der Waals surface area contributed by atoms with Crippen LogP contribution in [0, 0.1) is 6.92 Å². The lowest BCUT2D eigenvalue weighted by Gasteiger charge is -2.25. The largest absolute Gasteiger partial charge is 0.493 e. The molecule has 3 aromatic carbocycles. The molecule has 1 amide bonds. The topological polar surface area (TPSA) is 65.1 Å². The first-order valence-corrected chi connectivity index (χ1v) is 14.4. The Labute approximate surface area is 246 Å². The van der Waals surface area contributed by atoms with Gasteiger partial charge < -0.3 is 14.2 Å². The smallest absolute Gasteiger partial charge is 0.333 e. The highest BCUT2D eigenvalue weighted by Gasteiger charge is 2.42. The van der Waals surface area contributed by atoms with E-state index in [1.54, 1.807) is 31.4 Å². The van der Waals surface area contributed by atoms with Crippen molar-refractivity contribution in [3.63, 3.8) is 0 Å². The Morgan fingerprint density at radius 3 is 2.51 bits per heavy atom. The number of aryl methyl sites for hydroxylation is 1. The van der Waals surface area contributed by atoms with Crippen LogP contribution in [-0.2, 0) is 20.9 Å². The lowest BCUT2D eigenvalue weighted by atomic mass is 10.1. The molecule has 1 aliphatic heterocycles. The Balaban J connectivity index is 1.60. The molecule has 0 N–H and O–H groups in total. The molecule has 4 rings (SSSR count). The average molecular weight is 627 g/mol. The summed E-state index contributed by atoms with van der Waals surface area (Å²) in [5.41, 5.74) is 3.57. The number of halogens is 1. The molecule has 0 spiro atoms. The van der Waals surface area contributed by atoms with Gasteiger partial charge in [0.25, 0.3) is 5.91 Å². The van der Waals surface area contributed by atoms with Crippen molar-refractivity contribution in [3.05, 3.63) is 98.4 Å². The molecule has 1 heterocycles. The molecule has 0 aliphatic carbocycles. The second-order valence-electron chi connectivity index (χ2n) is 8.84. The van der Waals surface area contributed by atoms with Crippen LogP contribution >= 0.6 is 39.9 Å². The van der Waals surface area contributed by atoms with Crippen molar-refractivity contribution in [1.82, 2.24) is 4.90 Å². The first-order valence-electron chi connectivity index (χ1n) is 12.4. The number of carbonyl (C=O) groups excluding carboxylic acids is 2. The van der Waals surface area contributed by atoms with Crippen LogP contribution in [0.4, 0.5) is 0 Å². The van der Waals surface area contributed by atoms with Gasteiger partial charge in [-0.25, -0.2) is 4.79 Å². The highest BCUT2D eigenvalue weighted by Crippen LogP contribution is 2.41. The summed E-state index contributed by atoms with van der Waals surface area (Å²) in [6, 6.07) is 19.9. The Bertz CT molecular complexity index is 1390. The number of benzene rings is 3. The Morgan fingerprint density at radius 2 is 1.85 bits per heavy atom. The fourth-order valence-electron chi connectivity index (χ4n) is 3.96. The predicted molar refractivity (Wildman–Crippen MR) is 162 cm³/mol. The maximum absolute atomic E-state index is 13.6. The van der Waals surface area contributed by atoms with Crippen LogP contribution in [0.15, 0.2) is 76.1 Å². The van der Waals surface area contributed by atoms with Gasteiger partial charge in [-0.05, 0) is 64.2 Å². The van der Waals surface area contributed by atoms with E-state index >= 15 is 0 Å². The predicted octanol–water partition coefficient (Wildman–Crippen LogP) is 7.24. The van der Waals surface area contributed by atoms with Gasteiger partial charge in [0, 0.05) is 0 Å². The van der Waals surface area contributed by atoms with Crippen LogP contribution in [-0.4, -0.2) is 34.8 Å². The van der Waals surface area contributed by atoms with Crippen molar-refractivity contribution in [2.24, 2.45) is 0 Å². The summed E-state index contributed by atoms with van der Waals surface area (Å²) in [4.78, 5) is 28.4. The van der Waals surface area contributed by atoms with Crippen molar-refractivity contribution < 1.29 is 23.8 Å². The molecule has 9 heteroatoms. The number of ether oxygens (including phenoxy) is 3. The fourth-order valence-corrected chi connectivity index (χ4v) is 5.85. The first kappa shape index (κ1) is 28.9. The number of rotatable bonds is 10. The van der Waals surface area contributed by atoms with Crippen molar-refractivity contribution >= 4 is 62.2 Å². The number of nitrogens with zero attached hydrogens (tertiary/aromatic N) is 1. The molecule has 0 saturated carbocycles. The van der Waals surface area contributed by atoms with E-state index < -0.39 is 12.0 Å². The minimum atomic E-state index is -0.963. The first-order chi connectivity index (χ1) is 18.8. The molecule has 1 atom stereocenters. The second kappa shape index (κ2) is 13.3. The Kier molecular flexibility index (Phi) is 9.83. The van der Waals surface area contributed by atoms with E-state index in [4.69, 9.17) is 26.4 Å². The highest BCUT2D eigenvalue weighted by molar-refractivity contribution is 9.10. The highest BCUT2D eigenvalue weighted by atomic mass is 79.9. The lowest BCUT2D eigenvalue weighted by Crippen LogP contribution is -2.38. The molecule has 0 bridgehead atoms. The molecule has 3 aromatic rings. The summed E-state index contributed by atoms with van der Waals surface area (Å²) in [6.07, 6.45) is 2.41. The van der Waals surface area contributed by atoms with Crippen LogP contribution in [0.3, 0.4) is 0 Å².